The van der Waals surface area contributed by atoms with Gasteiger partial charge in [0.15, 0.2) is 6.61 Å². The van der Waals surface area contributed by atoms with Gasteiger partial charge in [0.1, 0.15) is 17.6 Å². The predicted octanol–water partition coefficient (Wildman–Crippen LogP) is 2.41. The molecule has 0 radical (unpaired) electrons. The summed E-state index contributed by atoms with van der Waals surface area (Å²) >= 11 is 0. The maximum absolute atomic E-state index is 12.9. The number of amides is 2. The molecular weight excluding hydrogens is 335 g/mol. The Morgan fingerprint density at radius 1 is 1.12 bits per heavy atom. The highest BCUT2D eigenvalue weighted by Crippen LogP contribution is 2.12. The molecule has 2 aromatic rings. The highest BCUT2D eigenvalue weighted by atomic mass is 19.1. The molecule has 0 unspecified atom stereocenters. The van der Waals surface area contributed by atoms with Gasteiger partial charge in [0.25, 0.3) is 5.91 Å². The number of carbonyl (C=O) groups excluding carboxylic acids is 2. The van der Waals surface area contributed by atoms with Gasteiger partial charge in [0.05, 0.1) is 0 Å². The smallest absolute Gasteiger partial charge is 0.261 e. The Morgan fingerprint density at radius 3 is 2.38 bits per heavy atom. The van der Waals surface area contributed by atoms with Crippen LogP contribution in [0.25, 0.3) is 0 Å². The first kappa shape index (κ1) is 19.4. The average Bonchev–Trinajstić information content (AvgIpc) is 2.67. The van der Waals surface area contributed by atoms with Crippen molar-refractivity contribution in [3.8, 4) is 5.75 Å². The van der Waals surface area contributed by atoms with E-state index in [2.05, 4.69) is 5.32 Å². The van der Waals surface area contributed by atoms with Crippen LogP contribution in [0.3, 0.4) is 0 Å². The average molecular weight is 358 g/mol. The van der Waals surface area contributed by atoms with Crippen molar-refractivity contribution in [3.05, 3.63) is 66.0 Å². The molecule has 0 fully saturated rings. The molecule has 0 spiro atoms. The first-order chi connectivity index (χ1) is 12.5. The summed E-state index contributed by atoms with van der Waals surface area (Å²) in [5.41, 5.74) is 1.08. The van der Waals surface area contributed by atoms with Crippen molar-refractivity contribution >= 4 is 11.8 Å². The van der Waals surface area contributed by atoms with Crippen molar-refractivity contribution in [2.24, 2.45) is 0 Å². The summed E-state index contributed by atoms with van der Waals surface area (Å²) in [6, 6.07) is 14.6. The second-order valence-electron chi connectivity index (χ2n) is 5.86. The van der Waals surface area contributed by atoms with Crippen LogP contribution in [0.1, 0.15) is 12.5 Å². The van der Waals surface area contributed by atoms with Crippen molar-refractivity contribution in [1.82, 2.24) is 10.2 Å². The lowest BCUT2D eigenvalue weighted by atomic mass is 10.1. The zero-order valence-corrected chi connectivity index (χ0v) is 14.9. The molecular formula is C20H23FN2O3. The maximum atomic E-state index is 12.9. The number of carbonyl (C=O) groups is 2. The number of rotatable bonds is 8. The van der Waals surface area contributed by atoms with E-state index in [1.165, 1.54) is 36.2 Å². The van der Waals surface area contributed by atoms with E-state index in [0.717, 1.165) is 5.56 Å². The third-order valence-electron chi connectivity index (χ3n) is 4.07. The van der Waals surface area contributed by atoms with Gasteiger partial charge in [-0.2, -0.15) is 0 Å². The minimum atomic E-state index is -0.618. The third kappa shape index (κ3) is 5.58. The Kier molecular flexibility index (Phi) is 7.14. The molecule has 0 aliphatic carbocycles. The van der Waals surface area contributed by atoms with Crippen molar-refractivity contribution in [3.63, 3.8) is 0 Å². The van der Waals surface area contributed by atoms with E-state index in [9.17, 15) is 14.0 Å². The van der Waals surface area contributed by atoms with Crippen molar-refractivity contribution in [2.75, 3.05) is 20.2 Å². The SMILES string of the molecule is CNC(=O)[C@@H](C)N(CCc1ccccc1)C(=O)COc1ccc(F)cc1. The monoisotopic (exact) mass is 358 g/mol. The van der Waals surface area contributed by atoms with E-state index < -0.39 is 6.04 Å². The zero-order valence-electron chi connectivity index (χ0n) is 14.9. The highest BCUT2D eigenvalue weighted by molar-refractivity contribution is 5.87. The second kappa shape index (κ2) is 9.56. The lowest BCUT2D eigenvalue weighted by Gasteiger charge is -2.28. The lowest BCUT2D eigenvalue weighted by Crippen LogP contribution is -2.49. The van der Waals surface area contributed by atoms with Crippen molar-refractivity contribution in [2.45, 2.75) is 19.4 Å². The van der Waals surface area contributed by atoms with Crippen LogP contribution in [0.5, 0.6) is 5.75 Å². The van der Waals surface area contributed by atoms with Gasteiger partial charge in [-0.15, -0.1) is 0 Å². The highest BCUT2D eigenvalue weighted by Gasteiger charge is 2.25. The van der Waals surface area contributed by atoms with Gasteiger partial charge in [-0.3, -0.25) is 9.59 Å². The molecule has 5 nitrogen and oxygen atoms in total. The molecule has 0 saturated heterocycles. The van der Waals surface area contributed by atoms with E-state index >= 15 is 0 Å². The van der Waals surface area contributed by atoms with E-state index in [-0.39, 0.29) is 24.2 Å². The van der Waals surface area contributed by atoms with E-state index in [4.69, 9.17) is 4.74 Å². The van der Waals surface area contributed by atoms with Crippen LogP contribution in [0, 0.1) is 5.82 Å². The summed E-state index contributed by atoms with van der Waals surface area (Å²) in [4.78, 5) is 26.1. The normalized spacial score (nSPS) is 11.5. The molecule has 6 heteroatoms. The molecule has 0 bridgehead atoms. The van der Waals surface area contributed by atoms with E-state index in [0.29, 0.717) is 18.7 Å². The Bertz CT molecular complexity index is 720. The minimum Gasteiger partial charge on any atom is -0.484 e. The van der Waals surface area contributed by atoms with Crippen LogP contribution in [0.15, 0.2) is 54.6 Å². The van der Waals surface area contributed by atoms with Gasteiger partial charge in [-0.1, -0.05) is 30.3 Å². The molecule has 0 aliphatic rings. The lowest BCUT2D eigenvalue weighted by molar-refractivity contribution is -0.141. The molecule has 138 valence electrons. The molecule has 2 amide bonds. The first-order valence-electron chi connectivity index (χ1n) is 8.44. The molecule has 0 aliphatic heterocycles. The van der Waals surface area contributed by atoms with E-state index in [1.807, 2.05) is 30.3 Å². The van der Waals surface area contributed by atoms with Crippen molar-refractivity contribution in [1.29, 1.82) is 0 Å². The number of ether oxygens (including phenoxy) is 1. The van der Waals surface area contributed by atoms with Gasteiger partial charge in [-0.25, -0.2) is 4.39 Å². The fraction of sp³-hybridized carbons (Fsp3) is 0.300. The number of nitrogens with zero attached hydrogens (tertiary/aromatic N) is 1. The minimum absolute atomic E-state index is 0.220. The standard InChI is InChI=1S/C20H23FN2O3/c1-15(20(25)22-2)23(13-12-16-6-4-3-5-7-16)19(24)14-26-18-10-8-17(21)9-11-18/h3-11,15H,12-14H2,1-2H3,(H,22,25)/t15-/m1/s1. The third-order valence-corrected chi connectivity index (χ3v) is 4.07. The summed E-state index contributed by atoms with van der Waals surface area (Å²) in [5, 5.41) is 2.56. The number of halogens is 1. The Balaban J connectivity index is 2.02. The summed E-state index contributed by atoms with van der Waals surface area (Å²) in [7, 11) is 1.54. The number of likely N-dealkylation sites (N-methyl/N-ethyl adjacent to an activating group) is 1. The molecule has 1 atom stereocenters. The van der Waals surface area contributed by atoms with Crippen molar-refractivity contribution < 1.29 is 18.7 Å². The van der Waals surface area contributed by atoms with Crippen LogP contribution in [-0.4, -0.2) is 43.0 Å². The summed E-state index contributed by atoms with van der Waals surface area (Å²) in [6.07, 6.45) is 0.629. The fourth-order valence-electron chi connectivity index (χ4n) is 2.54. The molecule has 2 rings (SSSR count). The molecule has 0 saturated carbocycles. The van der Waals surface area contributed by atoms with Crippen LogP contribution < -0.4 is 10.1 Å². The van der Waals surface area contributed by atoms with Gasteiger partial charge in [0.2, 0.25) is 5.91 Å². The first-order valence-corrected chi connectivity index (χ1v) is 8.44. The Hall–Kier alpha value is -2.89. The molecule has 2 aromatic carbocycles. The van der Waals surface area contributed by atoms with Crippen LogP contribution in [0.4, 0.5) is 4.39 Å². The van der Waals surface area contributed by atoms with Gasteiger partial charge in [0, 0.05) is 13.6 Å². The zero-order chi connectivity index (χ0) is 18.9. The second-order valence-corrected chi connectivity index (χ2v) is 5.86. The topological polar surface area (TPSA) is 58.6 Å². The summed E-state index contributed by atoms with van der Waals surface area (Å²) < 4.78 is 18.4. The van der Waals surface area contributed by atoms with Gasteiger partial charge in [-0.05, 0) is 43.2 Å². The van der Waals surface area contributed by atoms with Crippen LogP contribution in [-0.2, 0) is 16.0 Å². The summed E-state index contributed by atoms with van der Waals surface area (Å²) in [5.74, 6) is -0.522. The molecule has 0 heterocycles. The quantitative estimate of drug-likeness (QED) is 0.788. The molecule has 26 heavy (non-hydrogen) atoms. The van der Waals surface area contributed by atoms with E-state index in [1.54, 1.807) is 6.92 Å². The Labute approximate surface area is 152 Å². The summed E-state index contributed by atoms with van der Waals surface area (Å²) in [6.45, 7) is 1.85. The largest absolute Gasteiger partial charge is 0.484 e. The Morgan fingerprint density at radius 2 is 1.77 bits per heavy atom. The molecule has 1 N–H and O–H groups in total. The van der Waals surface area contributed by atoms with Gasteiger partial charge < -0.3 is 15.0 Å². The van der Waals surface area contributed by atoms with Gasteiger partial charge >= 0.3 is 0 Å². The number of hydrogen-bond donors (Lipinski definition) is 1. The van der Waals surface area contributed by atoms with Crippen LogP contribution >= 0.6 is 0 Å². The fourth-order valence-corrected chi connectivity index (χ4v) is 2.54. The number of benzene rings is 2. The number of hydrogen-bond acceptors (Lipinski definition) is 3. The van der Waals surface area contributed by atoms with Crippen LogP contribution in [0.2, 0.25) is 0 Å². The molecule has 0 aromatic heterocycles. The maximum Gasteiger partial charge on any atom is 0.261 e. The number of nitrogens with one attached hydrogen (secondary N) is 1. The predicted molar refractivity (Wildman–Crippen MR) is 97.3 cm³/mol.